The summed E-state index contributed by atoms with van der Waals surface area (Å²) in [4.78, 5) is 60.2. The maximum atomic E-state index is 13.2. The maximum Gasteiger partial charge on any atom is 0.336 e. The Bertz CT molecular complexity index is 1150. The highest BCUT2D eigenvalue weighted by Crippen LogP contribution is 2.40. The second kappa shape index (κ2) is 14.9. The fourth-order valence-corrected chi connectivity index (χ4v) is 4.95. The van der Waals surface area contributed by atoms with Gasteiger partial charge in [-0.1, -0.05) is 12.1 Å². The molecular weight excluding hydrogens is 514 g/mol. The highest BCUT2D eigenvalue weighted by Gasteiger charge is 2.39. The Hall–Kier alpha value is -3.67. The van der Waals surface area contributed by atoms with Crippen LogP contribution < -0.4 is 10.6 Å². The van der Waals surface area contributed by atoms with Crippen LogP contribution in [0.5, 0.6) is 0 Å². The molecule has 38 heavy (non-hydrogen) atoms. The Labute approximate surface area is 225 Å². The standard InChI is InChI=1S/C26H33N3O8S/c1-5-37-26(33)24-21(15-38-14-20(31)11-6-7-12-27-17(3)30)28-16(2)22(25(32)36-4)23(24)18-9-8-10-19(13-18)29(34)35/h8-10,13,23,28H,5-7,11-12,14-15H2,1-4H3,(H,27,30). The third-order valence-corrected chi connectivity index (χ3v) is 6.74. The van der Waals surface area contributed by atoms with Crippen molar-refractivity contribution >= 4 is 41.1 Å². The van der Waals surface area contributed by atoms with Crippen LogP contribution in [0.25, 0.3) is 0 Å². The number of non-ortho nitro benzene ring substituents is 1. The number of methoxy groups -OCH3 is 1. The number of allylic oxidation sites excluding steroid dienone is 1. The quantitative estimate of drug-likeness (QED) is 0.154. The van der Waals surface area contributed by atoms with Gasteiger partial charge >= 0.3 is 11.9 Å². The molecule has 2 rings (SSSR count). The number of hydrogen-bond acceptors (Lipinski definition) is 10. The zero-order valence-corrected chi connectivity index (χ0v) is 22.8. The molecule has 1 unspecified atom stereocenters. The Morgan fingerprint density at radius 1 is 1.16 bits per heavy atom. The molecule has 0 radical (unpaired) electrons. The van der Waals surface area contributed by atoms with Gasteiger partial charge in [0.15, 0.2) is 0 Å². The molecule has 2 N–H and O–H groups in total. The van der Waals surface area contributed by atoms with Crippen LogP contribution in [0.3, 0.4) is 0 Å². The Morgan fingerprint density at radius 3 is 2.53 bits per heavy atom. The Morgan fingerprint density at radius 2 is 1.89 bits per heavy atom. The number of thioether (sulfide) groups is 1. The zero-order valence-electron chi connectivity index (χ0n) is 22.0. The van der Waals surface area contributed by atoms with Crippen molar-refractivity contribution in [3.63, 3.8) is 0 Å². The number of benzene rings is 1. The SMILES string of the molecule is CCOC(=O)C1=C(CSCC(=O)CCCCNC(C)=O)NC(C)=C(C(=O)OC)C1c1cccc([N+](=O)[O-])c1. The summed E-state index contributed by atoms with van der Waals surface area (Å²) in [6.07, 6.45) is 1.71. The van der Waals surface area contributed by atoms with Crippen molar-refractivity contribution in [2.45, 2.75) is 46.0 Å². The molecule has 1 amide bonds. The molecule has 11 nitrogen and oxygen atoms in total. The molecule has 1 heterocycles. The predicted molar refractivity (Wildman–Crippen MR) is 142 cm³/mol. The number of Topliss-reactive ketones (excluding diaryl/α,β-unsaturated/α-hetero) is 1. The first-order chi connectivity index (χ1) is 18.1. The molecule has 1 aliphatic rings. The van der Waals surface area contributed by atoms with Gasteiger partial charge in [0.25, 0.3) is 5.69 Å². The summed E-state index contributed by atoms with van der Waals surface area (Å²) in [7, 11) is 1.22. The first-order valence-corrected chi connectivity index (χ1v) is 13.3. The number of ether oxygens (including phenoxy) is 2. The number of ketones is 1. The first kappa shape index (κ1) is 30.6. The van der Waals surface area contributed by atoms with Gasteiger partial charge in [-0.05, 0) is 32.3 Å². The van der Waals surface area contributed by atoms with Crippen LogP contribution in [0, 0.1) is 10.1 Å². The van der Waals surface area contributed by atoms with E-state index < -0.39 is 22.8 Å². The minimum atomic E-state index is -0.970. The molecule has 0 bridgehead atoms. The van der Waals surface area contributed by atoms with E-state index in [0.29, 0.717) is 42.8 Å². The largest absolute Gasteiger partial charge is 0.466 e. The number of esters is 2. The lowest BCUT2D eigenvalue weighted by Crippen LogP contribution is -2.34. The molecule has 1 aromatic carbocycles. The summed E-state index contributed by atoms with van der Waals surface area (Å²) in [5.74, 6) is -1.97. The number of unbranched alkanes of at least 4 members (excludes halogenated alkanes) is 1. The van der Waals surface area contributed by atoms with Crippen molar-refractivity contribution in [3.05, 3.63) is 62.5 Å². The van der Waals surface area contributed by atoms with Crippen molar-refractivity contribution in [2.24, 2.45) is 0 Å². The number of carbonyl (C=O) groups excluding carboxylic acids is 4. The van der Waals surface area contributed by atoms with Gasteiger partial charge in [0.2, 0.25) is 5.91 Å². The summed E-state index contributed by atoms with van der Waals surface area (Å²) < 4.78 is 10.3. The number of amides is 1. The van der Waals surface area contributed by atoms with Crippen LogP contribution in [0.1, 0.15) is 51.5 Å². The van der Waals surface area contributed by atoms with Crippen LogP contribution in [-0.2, 0) is 28.7 Å². The van der Waals surface area contributed by atoms with E-state index in [4.69, 9.17) is 9.47 Å². The fourth-order valence-electron chi connectivity index (χ4n) is 4.04. The minimum Gasteiger partial charge on any atom is -0.466 e. The summed E-state index contributed by atoms with van der Waals surface area (Å²) in [6.45, 7) is 5.34. The van der Waals surface area contributed by atoms with E-state index in [0.717, 1.165) is 0 Å². The minimum absolute atomic E-state index is 0.0321. The van der Waals surface area contributed by atoms with Crippen LogP contribution in [-0.4, -0.2) is 60.3 Å². The van der Waals surface area contributed by atoms with E-state index in [2.05, 4.69) is 10.6 Å². The molecule has 0 fully saturated rings. The van der Waals surface area contributed by atoms with E-state index in [9.17, 15) is 29.3 Å². The molecular formula is C26H33N3O8S. The van der Waals surface area contributed by atoms with Crippen molar-refractivity contribution in [1.29, 1.82) is 0 Å². The van der Waals surface area contributed by atoms with Crippen molar-refractivity contribution in [3.8, 4) is 0 Å². The molecule has 1 aromatic rings. The van der Waals surface area contributed by atoms with Crippen LogP contribution in [0.2, 0.25) is 0 Å². The Balaban J connectivity index is 2.34. The van der Waals surface area contributed by atoms with Crippen LogP contribution in [0.15, 0.2) is 46.8 Å². The van der Waals surface area contributed by atoms with E-state index in [1.165, 1.54) is 44.0 Å². The lowest BCUT2D eigenvalue weighted by molar-refractivity contribution is -0.384. The lowest BCUT2D eigenvalue weighted by Gasteiger charge is -2.31. The third-order valence-electron chi connectivity index (χ3n) is 5.73. The monoisotopic (exact) mass is 547 g/mol. The molecule has 1 aliphatic heterocycles. The zero-order chi connectivity index (χ0) is 28.2. The van der Waals surface area contributed by atoms with Crippen LogP contribution in [0.4, 0.5) is 5.69 Å². The lowest BCUT2D eigenvalue weighted by atomic mass is 9.80. The second-order valence-corrected chi connectivity index (χ2v) is 9.51. The molecule has 206 valence electrons. The average Bonchev–Trinajstić information content (AvgIpc) is 2.87. The summed E-state index contributed by atoms with van der Waals surface area (Å²) in [6, 6.07) is 5.74. The number of nitrogens with one attached hydrogen (secondary N) is 2. The van der Waals surface area contributed by atoms with Gasteiger partial charge in [-0.2, -0.15) is 0 Å². The number of carbonyl (C=O) groups is 4. The van der Waals surface area contributed by atoms with Gasteiger partial charge in [0, 0.05) is 49.2 Å². The van der Waals surface area contributed by atoms with Gasteiger partial charge in [0.05, 0.1) is 41.5 Å². The molecule has 0 spiro atoms. The number of nitrogens with zero attached hydrogens (tertiary/aromatic N) is 1. The van der Waals surface area contributed by atoms with E-state index in [1.807, 2.05) is 0 Å². The normalized spacial score (nSPS) is 15.0. The van der Waals surface area contributed by atoms with E-state index >= 15 is 0 Å². The van der Waals surface area contributed by atoms with Crippen molar-refractivity contribution in [1.82, 2.24) is 10.6 Å². The second-order valence-electron chi connectivity index (χ2n) is 8.52. The molecule has 1 atom stereocenters. The molecule has 0 saturated carbocycles. The predicted octanol–water partition coefficient (Wildman–Crippen LogP) is 3.15. The molecule has 0 saturated heterocycles. The fraction of sp³-hybridized carbons (Fsp3) is 0.462. The summed E-state index contributed by atoms with van der Waals surface area (Å²) >= 11 is 1.30. The number of nitro benzene ring substituents is 1. The van der Waals surface area contributed by atoms with Crippen LogP contribution >= 0.6 is 11.8 Å². The van der Waals surface area contributed by atoms with Gasteiger partial charge in [0.1, 0.15) is 5.78 Å². The smallest absolute Gasteiger partial charge is 0.336 e. The van der Waals surface area contributed by atoms with E-state index in [1.54, 1.807) is 19.9 Å². The summed E-state index contributed by atoms with van der Waals surface area (Å²) in [5, 5.41) is 17.2. The number of dihydropyridines is 1. The van der Waals surface area contributed by atoms with E-state index in [-0.39, 0.29) is 46.6 Å². The van der Waals surface area contributed by atoms with Crippen molar-refractivity contribution in [2.75, 3.05) is 31.8 Å². The molecule has 0 aliphatic carbocycles. The Kier molecular flexibility index (Phi) is 12.0. The molecule has 12 heteroatoms. The topological polar surface area (TPSA) is 154 Å². The maximum absolute atomic E-state index is 13.2. The third kappa shape index (κ3) is 8.44. The highest BCUT2D eigenvalue weighted by atomic mass is 32.2. The van der Waals surface area contributed by atoms with Crippen molar-refractivity contribution < 1.29 is 33.6 Å². The number of hydrogen-bond donors (Lipinski definition) is 2. The van der Waals surface area contributed by atoms with Gasteiger partial charge in [-0.15, -0.1) is 11.8 Å². The molecule has 0 aromatic heterocycles. The number of rotatable bonds is 14. The highest BCUT2D eigenvalue weighted by molar-refractivity contribution is 8.00. The number of nitro groups is 1. The van der Waals surface area contributed by atoms with Gasteiger partial charge in [-0.25, -0.2) is 9.59 Å². The van der Waals surface area contributed by atoms with Gasteiger partial charge < -0.3 is 20.1 Å². The average molecular weight is 548 g/mol. The first-order valence-electron chi connectivity index (χ1n) is 12.1. The van der Waals surface area contributed by atoms with Gasteiger partial charge in [-0.3, -0.25) is 19.7 Å². The summed E-state index contributed by atoms with van der Waals surface area (Å²) in [5.41, 5.74) is 1.33.